The molecule has 24 heavy (non-hydrogen) atoms. The largest absolute Gasteiger partial charge is 0.430 e. The third kappa shape index (κ3) is 3.61. The van der Waals surface area contributed by atoms with Gasteiger partial charge in [-0.25, -0.2) is 0 Å². The molecule has 2 rings (SSSR count). The number of carbonyl (C=O) groups is 2. The highest BCUT2D eigenvalue weighted by Crippen LogP contribution is 2.60. The molecular weight excluding hydrogens is 300 g/mol. The van der Waals surface area contributed by atoms with Gasteiger partial charge in [-0.05, 0) is 44.1 Å². The fraction of sp³-hybridized carbons (Fsp3) is 0.524. The molecule has 0 saturated heterocycles. The minimum atomic E-state index is -0.202. The highest BCUT2D eigenvalue weighted by molar-refractivity contribution is 5.90. The van der Waals surface area contributed by atoms with E-state index in [0.29, 0.717) is 12.2 Å². The van der Waals surface area contributed by atoms with Crippen LogP contribution in [0.4, 0.5) is 0 Å². The van der Waals surface area contributed by atoms with Crippen molar-refractivity contribution in [2.45, 2.75) is 47.5 Å². The van der Waals surface area contributed by atoms with Crippen molar-refractivity contribution >= 4 is 11.8 Å². The van der Waals surface area contributed by atoms with Crippen molar-refractivity contribution in [2.75, 3.05) is 0 Å². The number of ether oxygens (including phenoxy) is 1. The summed E-state index contributed by atoms with van der Waals surface area (Å²) in [4.78, 5) is 24.8. The van der Waals surface area contributed by atoms with Crippen LogP contribution < -0.4 is 0 Å². The quantitative estimate of drug-likeness (QED) is 0.401. The van der Waals surface area contributed by atoms with Crippen molar-refractivity contribution in [1.82, 2.24) is 0 Å². The smallest absolute Gasteiger partial charge is 0.315 e. The summed E-state index contributed by atoms with van der Waals surface area (Å²) in [7, 11) is 0. The zero-order valence-corrected chi connectivity index (χ0v) is 15.4. The van der Waals surface area contributed by atoms with Gasteiger partial charge in [0.05, 0.1) is 12.3 Å². The van der Waals surface area contributed by atoms with Gasteiger partial charge in [0.15, 0.2) is 0 Å². The molecule has 0 radical (unpaired) electrons. The van der Waals surface area contributed by atoms with E-state index in [0.717, 1.165) is 5.57 Å². The van der Waals surface area contributed by atoms with E-state index < -0.39 is 0 Å². The molecule has 3 nitrogen and oxygen atoms in total. The normalized spacial score (nSPS) is 28.2. The summed E-state index contributed by atoms with van der Waals surface area (Å²) in [6, 6.07) is 0. The van der Waals surface area contributed by atoms with Crippen molar-refractivity contribution in [3.05, 3.63) is 47.8 Å². The highest BCUT2D eigenvalue weighted by atomic mass is 16.5. The van der Waals surface area contributed by atoms with Crippen LogP contribution in [0.25, 0.3) is 0 Å². The Labute approximate surface area is 145 Å². The Morgan fingerprint density at radius 3 is 2.62 bits per heavy atom. The summed E-state index contributed by atoms with van der Waals surface area (Å²) in [5.74, 6) is 0.402. The van der Waals surface area contributed by atoms with Crippen molar-refractivity contribution in [1.29, 1.82) is 0 Å². The van der Waals surface area contributed by atoms with Crippen LogP contribution in [0, 0.1) is 23.2 Å². The van der Waals surface area contributed by atoms with E-state index in [2.05, 4.69) is 26.5 Å². The Kier molecular flexibility index (Phi) is 5.32. The SMILES string of the molecule is C=CC=CCC1C(=O)CC(OC(=O)[C@@H]2[C@@H](C=C(C)C)C2(C)C)=C1C. The fourth-order valence-corrected chi connectivity index (χ4v) is 3.58. The zero-order valence-electron chi connectivity index (χ0n) is 15.4. The van der Waals surface area contributed by atoms with Gasteiger partial charge in [-0.3, -0.25) is 9.59 Å². The Morgan fingerprint density at radius 1 is 1.38 bits per heavy atom. The predicted molar refractivity (Wildman–Crippen MR) is 96.1 cm³/mol. The molecule has 0 aromatic heterocycles. The number of carbonyl (C=O) groups excluding carboxylic acids is 2. The maximum atomic E-state index is 12.6. The number of ketones is 1. The molecule has 0 heterocycles. The molecule has 0 aromatic rings. The average molecular weight is 328 g/mol. The molecule has 2 aliphatic rings. The van der Waals surface area contributed by atoms with Gasteiger partial charge in [-0.1, -0.05) is 50.3 Å². The number of allylic oxidation sites excluding steroid dienone is 7. The van der Waals surface area contributed by atoms with Gasteiger partial charge >= 0.3 is 5.97 Å². The third-order valence-corrected chi connectivity index (χ3v) is 5.23. The van der Waals surface area contributed by atoms with E-state index in [1.54, 1.807) is 6.08 Å². The standard InChI is InChI=1S/C21H28O3/c1-7-8-9-10-15-14(4)18(12-17(15)22)24-20(23)19-16(11-13(2)3)21(19,5)6/h7-9,11,15-16,19H,1,10,12H2,2-6H3/t15?,16-,19+/m1/s1. The molecule has 0 amide bonds. The first-order valence-electron chi connectivity index (χ1n) is 8.56. The van der Waals surface area contributed by atoms with E-state index >= 15 is 0 Å². The van der Waals surface area contributed by atoms with E-state index in [-0.39, 0.29) is 41.3 Å². The van der Waals surface area contributed by atoms with Crippen LogP contribution in [0.2, 0.25) is 0 Å². The van der Waals surface area contributed by atoms with Crippen molar-refractivity contribution in [3.8, 4) is 0 Å². The van der Waals surface area contributed by atoms with Gasteiger partial charge in [0, 0.05) is 5.92 Å². The Bertz CT molecular complexity index is 642. The van der Waals surface area contributed by atoms with Crippen LogP contribution in [0.3, 0.4) is 0 Å². The van der Waals surface area contributed by atoms with Crippen LogP contribution in [0.5, 0.6) is 0 Å². The summed E-state index contributed by atoms with van der Waals surface area (Å²) in [6.45, 7) is 13.8. The molecule has 0 spiro atoms. The molecule has 3 atom stereocenters. The number of esters is 1. The molecule has 0 N–H and O–H groups in total. The lowest BCUT2D eigenvalue weighted by atomic mass is 9.97. The molecular formula is C21H28O3. The summed E-state index contributed by atoms with van der Waals surface area (Å²) in [5, 5.41) is 0. The van der Waals surface area contributed by atoms with Gasteiger partial charge in [0.1, 0.15) is 11.5 Å². The lowest BCUT2D eigenvalue weighted by molar-refractivity contribution is -0.142. The lowest BCUT2D eigenvalue weighted by Crippen LogP contribution is -2.10. The molecule has 1 saturated carbocycles. The summed E-state index contributed by atoms with van der Waals surface area (Å²) < 4.78 is 5.65. The molecule has 0 aromatic carbocycles. The minimum Gasteiger partial charge on any atom is -0.430 e. The maximum absolute atomic E-state index is 12.6. The van der Waals surface area contributed by atoms with Gasteiger partial charge in [0.2, 0.25) is 0 Å². The van der Waals surface area contributed by atoms with E-state index in [9.17, 15) is 9.59 Å². The average Bonchev–Trinajstić information content (AvgIpc) is 2.90. The zero-order chi connectivity index (χ0) is 18.1. The Hall–Kier alpha value is -1.90. The second-order valence-corrected chi connectivity index (χ2v) is 7.69. The molecule has 0 aliphatic heterocycles. The summed E-state index contributed by atoms with van der Waals surface area (Å²) >= 11 is 0. The van der Waals surface area contributed by atoms with Crippen LogP contribution in [0.15, 0.2) is 47.8 Å². The molecule has 130 valence electrons. The van der Waals surface area contributed by atoms with Crippen LogP contribution >= 0.6 is 0 Å². The van der Waals surface area contributed by atoms with Gasteiger partial charge in [0.25, 0.3) is 0 Å². The van der Waals surface area contributed by atoms with Gasteiger partial charge < -0.3 is 4.74 Å². The monoisotopic (exact) mass is 328 g/mol. The highest BCUT2D eigenvalue weighted by Gasteiger charge is 2.61. The Balaban J connectivity index is 2.07. The van der Waals surface area contributed by atoms with Crippen LogP contribution in [-0.2, 0) is 14.3 Å². The Morgan fingerprint density at radius 2 is 2.04 bits per heavy atom. The number of hydrogen-bond donors (Lipinski definition) is 0. The second-order valence-electron chi connectivity index (χ2n) is 7.69. The number of rotatable bonds is 6. The van der Waals surface area contributed by atoms with Gasteiger partial charge in [-0.2, -0.15) is 0 Å². The topological polar surface area (TPSA) is 43.4 Å². The lowest BCUT2D eigenvalue weighted by Gasteiger charge is -2.08. The van der Waals surface area contributed by atoms with E-state index in [1.807, 2.05) is 32.9 Å². The second kappa shape index (κ2) is 6.92. The molecule has 0 bridgehead atoms. The first-order chi connectivity index (χ1) is 11.2. The summed E-state index contributed by atoms with van der Waals surface area (Å²) in [5.41, 5.74) is 2.03. The minimum absolute atomic E-state index is 0.0719. The molecule has 1 unspecified atom stereocenters. The first kappa shape index (κ1) is 18.4. The fourth-order valence-electron chi connectivity index (χ4n) is 3.58. The molecule has 1 fully saturated rings. The number of Topliss-reactive ketones (excluding diaryl/α,β-unsaturated/α-hetero) is 1. The van der Waals surface area contributed by atoms with E-state index in [4.69, 9.17) is 4.74 Å². The maximum Gasteiger partial charge on any atom is 0.315 e. The van der Waals surface area contributed by atoms with Crippen molar-refractivity contribution in [3.63, 3.8) is 0 Å². The molecule has 2 aliphatic carbocycles. The van der Waals surface area contributed by atoms with Crippen LogP contribution in [0.1, 0.15) is 47.5 Å². The van der Waals surface area contributed by atoms with Crippen LogP contribution in [-0.4, -0.2) is 11.8 Å². The third-order valence-electron chi connectivity index (χ3n) is 5.23. The van der Waals surface area contributed by atoms with Crippen molar-refractivity contribution in [2.24, 2.45) is 23.2 Å². The molecule has 3 heteroatoms. The first-order valence-corrected chi connectivity index (χ1v) is 8.56. The van der Waals surface area contributed by atoms with Gasteiger partial charge in [-0.15, -0.1) is 0 Å². The van der Waals surface area contributed by atoms with Crippen molar-refractivity contribution < 1.29 is 14.3 Å². The van der Waals surface area contributed by atoms with E-state index in [1.165, 1.54) is 5.57 Å². The predicted octanol–water partition coefficient (Wildman–Crippen LogP) is 4.76. The summed E-state index contributed by atoms with van der Waals surface area (Å²) in [6.07, 6.45) is 8.46. The number of hydrogen-bond acceptors (Lipinski definition) is 3.